The number of carboxylic acids is 1. The Labute approximate surface area is 155 Å². The van der Waals surface area contributed by atoms with Gasteiger partial charge in [0.25, 0.3) is 5.69 Å². The first-order valence-electron chi connectivity index (χ1n) is 8.51. The first kappa shape index (κ1) is 20.1. The molecule has 10 nitrogen and oxygen atoms in total. The number of piperidine rings is 1. The number of rotatable bonds is 7. The molecular weight excluding hydrogens is 356 g/mol. The minimum Gasteiger partial charge on any atom is -0.481 e. The fourth-order valence-electron chi connectivity index (χ4n) is 2.88. The summed E-state index contributed by atoms with van der Waals surface area (Å²) in [7, 11) is 1.46. The summed E-state index contributed by atoms with van der Waals surface area (Å²) in [4.78, 5) is 48.7. The Balaban J connectivity index is 1.87. The van der Waals surface area contributed by atoms with Crippen molar-refractivity contribution < 1.29 is 24.4 Å². The SMILES string of the molecule is CN(CC(=O)N1CCCC(C(=O)O)C1)C(=O)CNc1ccccc1[N+](=O)[O-]. The Kier molecular flexibility index (Phi) is 6.69. The van der Waals surface area contributed by atoms with E-state index in [9.17, 15) is 24.5 Å². The third-order valence-corrected chi connectivity index (χ3v) is 4.45. The van der Waals surface area contributed by atoms with Gasteiger partial charge in [0.05, 0.1) is 23.9 Å². The molecular formula is C17H22N4O6. The van der Waals surface area contributed by atoms with Gasteiger partial charge < -0.3 is 20.2 Å². The number of carboxylic acid groups (broad SMARTS) is 1. The Morgan fingerprint density at radius 2 is 2.07 bits per heavy atom. The lowest BCUT2D eigenvalue weighted by Gasteiger charge is -2.32. The zero-order chi connectivity index (χ0) is 20.0. The van der Waals surface area contributed by atoms with Crippen LogP contribution in [-0.2, 0) is 14.4 Å². The smallest absolute Gasteiger partial charge is 0.308 e. The second-order valence-electron chi connectivity index (χ2n) is 6.39. The Morgan fingerprint density at radius 3 is 2.74 bits per heavy atom. The number of hydrogen-bond donors (Lipinski definition) is 2. The summed E-state index contributed by atoms with van der Waals surface area (Å²) in [5.74, 6) is -2.23. The van der Waals surface area contributed by atoms with Gasteiger partial charge in [0.15, 0.2) is 0 Å². The Morgan fingerprint density at radius 1 is 1.37 bits per heavy atom. The van der Waals surface area contributed by atoms with E-state index >= 15 is 0 Å². The van der Waals surface area contributed by atoms with E-state index in [1.807, 2.05) is 0 Å². The van der Waals surface area contributed by atoms with Gasteiger partial charge in [-0.1, -0.05) is 12.1 Å². The number of benzene rings is 1. The summed E-state index contributed by atoms with van der Waals surface area (Å²) in [6, 6.07) is 5.97. The quantitative estimate of drug-likeness (QED) is 0.529. The molecule has 2 amide bonds. The summed E-state index contributed by atoms with van der Waals surface area (Å²) in [5.41, 5.74) is 0.0768. The van der Waals surface area contributed by atoms with Crippen LogP contribution in [0.1, 0.15) is 12.8 Å². The molecule has 2 rings (SSSR count). The van der Waals surface area contributed by atoms with Gasteiger partial charge >= 0.3 is 5.97 Å². The van der Waals surface area contributed by atoms with Crippen LogP contribution in [0.5, 0.6) is 0 Å². The van der Waals surface area contributed by atoms with Crippen molar-refractivity contribution in [2.75, 3.05) is 38.5 Å². The molecule has 0 saturated carbocycles. The molecule has 1 saturated heterocycles. The maximum atomic E-state index is 12.3. The van der Waals surface area contributed by atoms with Crippen LogP contribution in [0.25, 0.3) is 0 Å². The van der Waals surface area contributed by atoms with Crippen molar-refractivity contribution in [3.05, 3.63) is 34.4 Å². The largest absolute Gasteiger partial charge is 0.481 e. The van der Waals surface area contributed by atoms with Crippen LogP contribution in [-0.4, -0.2) is 70.8 Å². The minimum atomic E-state index is -0.925. The average Bonchev–Trinajstić information content (AvgIpc) is 2.66. The summed E-state index contributed by atoms with van der Waals surface area (Å²) in [6.45, 7) is 0.236. The molecule has 1 aromatic carbocycles. The third kappa shape index (κ3) is 5.40. The normalized spacial score (nSPS) is 16.5. The van der Waals surface area contributed by atoms with E-state index in [0.29, 0.717) is 19.4 Å². The zero-order valence-electron chi connectivity index (χ0n) is 15.0. The highest BCUT2D eigenvalue weighted by Gasteiger charge is 2.29. The number of likely N-dealkylation sites (N-methyl/N-ethyl adjacent to an activating group) is 1. The van der Waals surface area contributed by atoms with Crippen LogP contribution >= 0.6 is 0 Å². The number of nitro groups is 1. The Bertz CT molecular complexity index is 738. The lowest BCUT2D eigenvalue weighted by molar-refractivity contribution is -0.383. The van der Waals surface area contributed by atoms with E-state index in [4.69, 9.17) is 5.11 Å². The molecule has 1 aromatic rings. The van der Waals surface area contributed by atoms with Crippen molar-refractivity contribution in [3.8, 4) is 0 Å². The molecule has 0 radical (unpaired) electrons. The van der Waals surface area contributed by atoms with E-state index in [1.54, 1.807) is 6.07 Å². The van der Waals surface area contributed by atoms with Crippen molar-refractivity contribution in [1.29, 1.82) is 0 Å². The average molecular weight is 378 g/mol. The van der Waals surface area contributed by atoms with Crippen LogP contribution in [0.4, 0.5) is 11.4 Å². The molecule has 146 valence electrons. The second-order valence-corrected chi connectivity index (χ2v) is 6.39. The van der Waals surface area contributed by atoms with Gasteiger partial charge in [-0.2, -0.15) is 0 Å². The molecule has 0 aliphatic carbocycles. The number of carbonyl (C=O) groups excluding carboxylic acids is 2. The highest BCUT2D eigenvalue weighted by molar-refractivity contribution is 5.87. The fourth-order valence-corrected chi connectivity index (χ4v) is 2.88. The lowest BCUT2D eigenvalue weighted by Crippen LogP contribution is -2.47. The second kappa shape index (κ2) is 8.97. The highest BCUT2D eigenvalue weighted by atomic mass is 16.6. The number of carbonyl (C=O) groups is 3. The number of likely N-dealkylation sites (tertiary alicyclic amines) is 1. The predicted molar refractivity (Wildman–Crippen MR) is 96.2 cm³/mol. The summed E-state index contributed by atoms with van der Waals surface area (Å²) in [5, 5.41) is 22.8. The molecule has 1 unspecified atom stereocenters. The molecule has 1 heterocycles. The number of amides is 2. The number of nitrogens with zero attached hydrogens (tertiary/aromatic N) is 3. The lowest BCUT2D eigenvalue weighted by atomic mass is 9.98. The zero-order valence-corrected chi connectivity index (χ0v) is 15.0. The monoisotopic (exact) mass is 378 g/mol. The molecule has 27 heavy (non-hydrogen) atoms. The van der Waals surface area contributed by atoms with Crippen molar-refractivity contribution in [2.24, 2.45) is 5.92 Å². The Hall–Kier alpha value is -3.17. The molecule has 0 bridgehead atoms. The van der Waals surface area contributed by atoms with E-state index < -0.39 is 22.7 Å². The van der Waals surface area contributed by atoms with Crippen LogP contribution in [0.15, 0.2) is 24.3 Å². The van der Waals surface area contributed by atoms with E-state index in [-0.39, 0.29) is 36.9 Å². The molecule has 10 heteroatoms. The van der Waals surface area contributed by atoms with Crippen molar-refractivity contribution >= 4 is 29.2 Å². The van der Waals surface area contributed by atoms with Crippen molar-refractivity contribution in [3.63, 3.8) is 0 Å². The first-order valence-corrected chi connectivity index (χ1v) is 8.51. The van der Waals surface area contributed by atoms with Crippen LogP contribution < -0.4 is 5.32 Å². The van der Waals surface area contributed by atoms with E-state index in [0.717, 1.165) is 0 Å². The fraction of sp³-hybridized carbons (Fsp3) is 0.471. The van der Waals surface area contributed by atoms with Gasteiger partial charge in [0.2, 0.25) is 11.8 Å². The van der Waals surface area contributed by atoms with Gasteiger partial charge in [-0.15, -0.1) is 0 Å². The van der Waals surface area contributed by atoms with Crippen molar-refractivity contribution in [2.45, 2.75) is 12.8 Å². The van der Waals surface area contributed by atoms with Gasteiger partial charge in [0, 0.05) is 26.2 Å². The van der Waals surface area contributed by atoms with E-state index in [2.05, 4.69) is 5.32 Å². The summed E-state index contributed by atoms with van der Waals surface area (Å²) < 4.78 is 0. The molecule has 1 fully saturated rings. The molecule has 0 aromatic heterocycles. The summed E-state index contributed by atoms with van der Waals surface area (Å²) >= 11 is 0. The van der Waals surface area contributed by atoms with Gasteiger partial charge in [0.1, 0.15) is 5.69 Å². The van der Waals surface area contributed by atoms with Gasteiger partial charge in [-0.05, 0) is 18.9 Å². The predicted octanol–water partition coefficient (Wildman–Crippen LogP) is 0.788. The first-order chi connectivity index (χ1) is 12.8. The number of anilines is 1. The number of nitrogens with one attached hydrogen (secondary N) is 1. The molecule has 1 atom stereocenters. The number of hydrogen-bond acceptors (Lipinski definition) is 6. The van der Waals surface area contributed by atoms with Gasteiger partial charge in [-0.25, -0.2) is 0 Å². The number of aliphatic carboxylic acids is 1. The molecule has 1 aliphatic rings. The third-order valence-electron chi connectivity index (χ3n) is 4.45. The number of para-hydroxylation sites is 2. The maximum Gasteiger partial charge on any atom is 0.308 e. The van der Waals surface area contributed by atoms with Crippen molar-refractivity contribution in [1.82, 2.24) is 9.80 Å². The highest BCUT2D eigenvalue weighted by Crippen LogP contribution is 2.22. The van der Waals surface area contributed by atoms with Gasteiger partial charge in [-0.3, -0.25) is 24.5 Å². The summed E-state index contributed by atoms with van der Waals surface area (Å²) in [6.07, 6.45) is 1.15. The molecule has 1 aliphatic heterocycles. The maximum absolute atomic E-state index is 12.3. The standard InChI is InChI=1S/C17H22N4O6/c1-19(11-16(23)20-8-4-5-12(10-20)17(24)25)15(22)9-18-13-6-2-3-7-14(13)21(26)27/h2-3,6-7,12,18H,4-5,8-11H2,1H3,(H,24,25). The molecule has 2 N–H and O–H groups in total. The molecule has 0 spiro atoms. The van der Waals surface area contributed by atoms with Crippen LogP contribution in [0.3, 0.4) is 0 Å². The van der Waals surface area contributed by atoms with E-state index in [1.165, 1.54) is 35.0 Å². The van der Waals surface area contributed by atoms with Crippen LogP contribution in [0, 0.1) is 16.0 Å². The number of nitro benzene ring substituents is 1. The topological polar surface area (TPSA) is 133 Å². The van der Waals surface area contributed by atoms with Crippen LogP contribution in [0.2, 0.25) is 0 Å². The minimum absolute atomic E-state index is 0.142.